The van der Waals surface area contributed by atoms with E-state index in [1.54, 1.807) is 31.2 Å². The molecule has 0 spiro atoms. The highest BCUT2D eigenvalue weighted by Crippen LogP contribution is 2.23. The van der Waals surface area contributed by atoms with E-state index in [9.17, 15) is 9.59 Å². The Bertz CT molecular complexity index is 844. The molecule has 0 aromatic heterocycles. The lowest BCUT2D eigenvalue weighted by atomic mass is 10.1. The smallest absolute Gasteiger partial charge is 0.261 e. The molecule has 1 unspecified atom stereocenters. The fourth-order valence-corrected chi connectivity index (χ4v) is 2.92. The molecule has 1 atom stereocenters. The summed E-state index contributed by atoms with van der Waals surface area (Å²) in [6.45, 7) is 9.55. The van der Waals surface area contributed by atoms with E-state index in [1.165, 1.54) is 4.90 Å². The minimum Gasteiger partial charge on any atom is -0.482 e. The van der Waals surface area contributed by atoms with Crippen molar-refractivity contribution < 1.29 is 14.3 Å². The number of carbonyl (C=O) groups excluding carboxylic acids is 2. The Morgan fingerprint density at radius 3 is 2.31 bits per heavy atom. The molecule has 2 rings (SSSR count). The summed E-state index contributed by atoms with van der Waals surface area (Å²) in [5.41, 5.74) is 1.68. The molecular formula is C23H29ClN2O3. The summed E-state index contributed by atoms with van der Waals surface area (Å²) in [7, 11) is 0. The minimum absolute atomic E-state index is 0.206. The van der Waals surface area contributed by atoms with Crippen LogP contribution in [0.15, 0.2) is 48.5 Å². The minimum atomic E-state index is -0.655. The number of carbonyl (C=O) groups is 2. The van der Waals surface area contributed by atoms with Crippen molar-refractivity contribution in [3.63, 3.8) is 0 Å². The molecule has 2 aromatic rings. The van der Waals surface area contributed by atoms with Crippen LogP contribution >= 0.6 is 11.6 Å². The fourth-order valence-electron chi connectivity index (χ4n) is 2.73. The number of para-hydroxylation sites is 1. The molecule has 156 valence electrons. The molecule has 2 aromatic carbocycles. The molecule has 0 saturated heterocycles. The third kappa shape index (κ3) is 7.09. The van der Waals surface area contributed by atoms with Gasteiger partial charge in [0, 0.05) is 12.1 Å². The SMILES string of the molecule is Cc1ccc(CN(C(=O)COc2ccccc2Cl)C(C)C(=O)NC(C)(C)C)cc1. The molecule has 29 heavy (non-hydrogen) atoms. The average Bonchev–Trinajstić information content (AvgIpc) is 2.64. The maximum Gasteiger partial charge on any atom is 0.261 e. The highest BCUT2D eigenvalue weighted by Gasteiger charge is 2.28. The second-order valence-electron chi connectivity index (χ2n) is 8.14. The Balaban J connectivity index is 2.18. The lowest BCUT2D eigenvalue weighted by Crippen LogP contribution is -2.53. The lowest BCUT2D eigenvalue weighted by molar-refractivity contribution is -0.142. The molecule has 0 saturated carbocycles. The molecule has 1 N–H and O–H groups in total. The quantitative estimate of drug-likeness (QED) is 0.729. The van der Waals surface area contributed by atoms with Crippen molar-refractivity contribution >= 4 is 23.4 Å². The summed E-state index contributed by atoms with van der Waals surface area (Å²) in [6, 6.07) is 14.2. The van der Waals surface area contributed by atoms with Crippen LogP contribution in [-0.2, 0) is 16.1 Å². The van der Waals surface area contributed by atoms with Crippen molar-refractivity contribution in [3.05, 3.63) is 64.7 Å². The van der Waals surface area contributed by atoms with Gasteiger partial charge in [0.15, 0.2) is 6.61 Å². The van der Waals surface area contributed by atoms with E-state index in [-0.39, 0.29) is 18.4 Å². The first kappa shape index (κ1) is 22.8. The average molecular weight is 417 g/mol. The van der Waals surface area contributed by atoms with E-state index in [4.69, 9.17) is 16.3 Å². The largest absolute Gasteiger partial charge is 0.482 e. The number of halogens is 1. The molecule has 0 aliphatic carbocycles. The van der Waals surface area contributed by atoms with Gasteiger partial charge in [0.05, 0.1) is 5.02 Å². The van der Waals surface area contributed by atoms with E-state index in [0.717, 1.165) is 11.1 Å². The molecular weight excluding hydrogens is 388 g/mol. The number of ether oxygens (including phenoxy) is 1. The first-order valence-corrected chi connectivity index (χ1v) is 9.99. The Hall–Kier alpha value is -2.53. The standard InChI is InChI=1S/C23H29ClN2O3/c1-16-10-12-18(13-11-16)14-26(17(2)22(28)25-23(3,4)5)21(27)15-29-20-9-7-6-8-19(20)24/h6-13,17H,14-15H2,1-5H3,(H,25,28). The van der Waals surface area contributed by atoms with Gasteiger partial charge in [-0.25, -0.2) is 0 Å². The zero-order chi connectivity index (χ0) is 21.6. The van der Waals surface area contributed by atoms with Crippen molar-refractivity contribution in [2.24, 2.45) is 0 Å². The van der Waals surface area contributed by atoms with Crippen LogP contribution in [0.3, 0.4) is 0 Å². The second kappa shape index (κ2) is 9.79. The van der Waals surface area contributed by atoms with Gasteiger partial charge in [-0.2, -0.15) is 0 Å². The Morgan fingerprint density at radius 1 is 1.10 bits per heavy atom. The molecule has 0 bridgehead atoms. The second-order valence-corrected chi connectivity index (χ2v) is 8.55. The van der Waals surface area contributed by atoms with Gasteiger partial charge in [-0.1, -0.05) is 53.6 Å². The fraction of sp³-hybridized carbons (Fsp3) is 0.391. The van der Waals surface area contributed by atoms with Crippen LogP contribution in [0.5, 0.6) is 5.75 Å². The first-order chi connectivity index (χ1) is 13.6. The molecule has 6 heteroatoms. The molecule has 5 nitrogen and oxygen atoms in total. The summed E-state index contributed by atoms with van der Waals surface area (Å²) in [5, 5.41) is 3.37. The molecule has 2 amide bonds. The van der Waals surface area contributed by atoms with Crippen molar-refractivity contribution in [2.75, 3.05) is 6.61 Å². The molecule has 0 radical (unpaired) electrons. The third-order valence-corrected chi connectivity index (χ3v) is 4.64. The topological polar surface area (TPSA) is 58.6 Å². The van der Waals surface area contributed by atoms with Gasteiger partial charge in [-0.3, -0.25) is 9.59 Å². The highest BCUT2D eigenvalue weighted by atomic mass is 35.5. The van der Waals surface area contributed by atoms with E-state index in [0.29, 0.717) is 17.3 Å². The van der Waals surface area contributed by atoms with E-state index >= 15 is 0 Å². The normalized spacial score (nSPS) is 12.2. The number of aryl methyl sites for hydroxylation is 1. The van der Waals surface area contributed by atoms with Crippen molar-refractivity contribution in [1.29, 1.82) is 0 Å². The van der Waals surface area contributed by atoms with Gasteiger partial charge < -0.3 is 15.0 Å². The molecule has 0 aliphatic rings. The van der Waals surface area contributed by atoms with E-state index < -0.39 is 11.6 Å². The number of nitrogens with one attached hydrogen (secondary N) is 1. The van der Waals surface area contributed by atoms with Crippen LogP contribution in [0, 0.1) is 6.92 Å². The van der Waals surface area contributed by atoms with Gasteiger partial charge in [-0.15, -0.1) is 0 Å². The van der Waals surface area contributed by atoms with Gasteiger partial charge >= 0.3 is 0 Å². The molecule has 0 heterocycles. The van der Waals surface area contributed by atoms with Crippen molar-refractivity contribution in [3.8, 4) is 5.75 Å². The number of hydrogen-bond donors (Lipinski definition) is 1. The predicted molar refractivity (Wildman–Crippen MR) is 116 cm³/mol. The van der Waals surface area contributed by atoms with Gasteiger partial charge in [-0.05, 0) is 52.3 Å². The van der Waals surface area contributed by atoms with Crippen LogP contribution in [0.25, 0.3) is 0 Å². The van der Waals surface area contributed by atoms with Crippen LogP contribution in [0.2, 0.25) is 5.02 Å². The maximum absolute atomic E-state index is 13.0. The zero-order valence-electron chi connectivity index (χ0n) is 17.7. The Morgan fingerprint density at radius 2 is 1.72 bits per heavy atom. The number of hydrogen-bond acceptors (Lipinski definition) is 3. The highest BCUT2D eigenvalue weighted by molar-refractivity contribution is 6.32. The number of nitrogens with zero attached hydrogens (tertiary/aromatic N) is 1. The molecule has 0 fully saturated rings. The van der Waals surface area contributed by atoms with Gasteiger partial charge in [0.1, 0.15) is 11.8 Å². The number of benzene rings is 2. The van der Waals surface area contributed by atoms with Crippen LogP contribution in [0.1, 0.15) is 38.8 Å². The zero-order valence-corrected chi connectivity index (χ0v) is 18.4. The number of rotatable bonds is 7. The van der Waals surface area contributed by atoms with Crippen LogP contribution in [0.4, 0.5) is 0 Å². The third-order valence-electron chi connectivity index (χ3n) is 4.33. The monoisotopic (exact) mass is 416 g/mol. The lowest BCUT2D eigenvalue weighted by Gasteiger charge is -2.31. The summed E-state index contributed by atoms with van der Waals surface area (Å²) in [6.07, 6.45) is 0. The van der Waals surface area contributed by atoms with Gasteiger partial charge in [0.2, 0.25) is 5.91 Å². The molecule has 0 aliphatic heterocycles. The van der Waals surface area contributed by atoms with Gasteiger partial charge in [0.25, 0.3) is 5.91 Å². The predicted octanol–water partition coefficient (Wildman–Crippen LogP) is 4.36. The summed E-state index contributed by atoms with van der Waals surface area (Å²) in [5.74, 6) is -0.0673. The van der Waals surface area contributed by atoms with Crippen LogP contribution in [-0.4, -0.2) is 34.9 Å². The van der Waals surface area contributed by atoms with Crippen molar-refractivity contribution in [1.82, 2.24) is 10.2 Å². The van der Waals surface area contributed by atoms with E-state index in [2.05, 4.69) is 5.32 Å². The van der Waals surface area contributed by atoms with Crippen molar-refractivity contribution in [2.45, 2.75) is 52.7 Å². The first-order valence-electron chi connectivity index (χ1n) is 9.61. The Labute approximate surface area is 178 Å². The van der Waals surface area contributed by atoms with E-state index in [1.807, 2.05) is 52.0 Å². The summed E-state index contributed by atoms with van der Waals surface area (Å²) >= 11 is 6.10. The maximum atomic E-state index is 13.0. The van der Waals surface area contributed by atoms with Crippen LogP contribution < -0.4 is 10.1 Å². The summed E-state index contributed by atoms with van der Waals surface area (Å²) in [4.78, 5) is 27.2. The summed E-state index contributed by atoms with van der Waals surface area (Å²) < 4.78 is 5.61. The number of amides is 2. The Kier molecular flexibility index (Phi) is 7.68.